The maximum absolute atomic E-state index is 11.2. The summed E-state index contributed by atoms with van der Waals surface area (Å²) in [6.07, 6.45) is 4.92. The Balaban J connectivity index is 2.30. The van der Waals surface area contributed by atoms with Crippen molar-refractivity contribution in [1.82, 2.24) is 0 Å². The average molecular weight is 244 g/mol. The zero-order valence-corrected chi connectivity index (χ0v) is 10.6. The molecule has 2 rings (SSSR count). The van der Waals surface area contributed by atoms with Gasteiger partial charge in [0, 0.05) is 18.8 Å². The van der Waals surface area contributed by atoms with Gasteiger partial charge in [-0.05, 0) is 30.2 Å². The summed E-state index contributed by atoms with van der Waals surface area (Å²) in [6.45, 7) is 3.47. The molecular weight excluding hydrogens is 228 g/mol. The number of allylic oxidation sites excluding steroid dienone is 2. The van der Waals surface area contributed by atoms with Crippen LogP contribution in [0.2, 0.25) is 0 Å². The Morgan fingerprint density at radius 1 is 1.39 bits per heavy atom. The first kappa shape index (κ1) is 12.6. The molecule has 0 N–H and O–H groups in total. The molecule has 3 nitrogen and oxygen atoms in total. The van der Waals surface area contributed by atoms with Crippen molar-refractivity contribution in [3.05, 3.63) is 42.0 Å². The van der Waals surface area contributed by atoms with E-state index in [1.54, 1.807) is 12.1 Å². The molecule has 1 aromatic rings. The Hall–Kier alpha value is -1.90. The highest BCUT2D eigenvalue weighted by Crippen LogP contribution is 2.35. The highest BCUT2D eigenvalue weighted by atomic mass is 16.5. The lowest BCUT2D eigenvalue weighted by molar-refractivity contribution is -0.131. The summed E-state index contributed by atoms with van der Waals surface area (Å²) in [5.74, 6) is 0.391. The molecule has 0 aliphatic heterocycles. The molecular formula is C15H16O3. The Kier molecular flexibility index (Phi) is 3.32. The number of hydrogen-bond donors (Lipinski definition) is 0. The van der Waals surface area contributed by atoms with Crippen molar-refractivity contribution in [3.8, 4) is 5.75 Å². The average Bonchev–Trinajstić information content (AvgIpc) is 2.33. The second-order valence-electron chi connectivity index (χ2n) is 4.84. The standard InChI is InChI=1S/C15H16O3/c1-11(16)18-14-5-3-4-12(10-14)15(2)8-6-13(17)7-9-15/h3-6,8,10H,7,9H2,1-2H3/t15-/m1/s1. The van der Waals surface area contributed by atoms with E-state index in [1.165, 1.54) is 6.92 Å². The molecule has 1 aliphatic rings. The maximum Gasteiger partial charge on any atom is 0.308 e. The van der Waals surface area contributed by atoms with Crippen LogP contribution < -0.4 is 4.74 Å². The van der Waals surface area contributed by atoms with E-state index in [1.807, 2.05) is 24.3 Å². The molecule has 0 aromatic heterocycles. The Bertz CT molecular complexity index is 516. The summed E-state index contributed by atoms with van der Waals surface area (Å²) < 4.78 is 5.08. The third kappa shape index (κ3) is 2.67. The topological polar surface area (TPSA) is 43.4 Å². The van der Waals surface area contributed by atoms with Gasteiger partial charge >= 0.3 is 5.97 Å². The van der Waals surface area contributed by atoms with Crippen LogP contribution in [-0.4, -0.2) is 11.8 Å². The van der Waals surface area contributed by atoms with Crippen LogP contribution in [-0.2, 0) is 15.0 Å². The van der Waals surface area contributed by atoms with Crippen molar-refractivity contribution < 1.29 is 14.3 Å². The molecule has 1 atom stereocenters. The first-order chi connectivity index (χ1) is 8.49. The molecule has 0 saturated heterocycles. The largest absolute Gasteiger partial charge is 0.427 e. The molecule has 0 saturated carbocycles. The lowest BCUT2D eigenvalue weighted by atomic mass is 9.75. The fourth-order valence-electron chi connectivity index (χ4n) is 2.15. The molecule has 0 radical (unpaired) electrons. The molecule has 0 spiro atoms. The van der Waals surface area contributed by atoms with Gasteiger partial charge in [-0.25, -0.2) is 0 Å². The van der Waals surface area contributed by atoms with Gasteiger partial charge in [-0.1, -0.05) is 25.1 Å². The first-order valence-corrected chi connectivity index (χ1v) is 6.01. The molecule has 0 fully saturated rings. The fraction of sp³-hybridized carbons (Fsp3) is 0.333. The van der Waals surface area contributed by atoms with Crippen molar-refractivity contribution >= 4 is 11.8 Å². The van der Waals surface area contributed by atoms with E-state index >= 15 is 0 Å². The number of carbonyl (C=O) groups is 2. The van der Waals surface area contributed by atoms with E-state index in [0.29, 0.717) is 12.2 Å². The summed E-state index contributed by atoms with van der Waals surface area (Å²) in [5, 5.41) is 0. The lowest BCUT2D eigenvalue weighted by Crippen LogP contribution is -2.24. The van der Waals surface area contributed by atoms with Crippen LogP contribution in [0.25, 0.3) is 0 Å². The Morgan fingerprint density at radius 2 is 2.17 bits per heavy atom. The molecule has 0 heterocycles. The van der Waals surface area contributed by atoms with Gasteiger partial charge in [0.2, 0.25) is 0 Å². The van der Waals surface area contributed by atoms with Gasteiger partial charge in [0.25, 0.3) is 0 Å². The minimum Gasteiger partial charge on any atom is -0.427 e. The first-order valence-electron chi connectivity index (χ1n) is 6.01. The third-order valence-electron chi connectivity index (χ3n) is 3.28. The number of esters is 1. The van der Waals surface area contributed by atoms with Crippen LogP contribution in [0.3, 0.4) is 0 Å². The summed E-state index contributed by atoms with van der Waals surface area (Å²) in [4.78, 5) is 22.2. The van der Waals surface area contributed by atoms with Gasteiger partial charge in [-0.2, -0.15) is 0 Å². The zero-order valence-electron chi connectivity index (χ0n) is 10.6. The lowest BCUT2D eigenvalue weighted by Gasteiger charge is -2.29. The molecule has 0 amide bonds. The van der Waals surface area contributed by atoms with E-state index < -0.39 is 0 Å². The highest BCUT2D eigenvalue weighted by Gasteiger charge is 2.27. The van der Waals surface area contributed by atoms with E-state index in [0.717, 1.165) is 12.0 Å². The number of ether oxygens (including phenoxy) is 1. The Labute approximate surface area is 106 Å². The van der Waals surface area contributed by atoms with Crippen molar-refractivity contribution in [1.29, 1.82) is 0 Å². The predicted molar refractivity (Wildman–Crippen MR) is 68.5 cm³/mol. The number of benzene rings is 1. The molecule has 1 aromatic carbocycles. The molecule has 0 bridgehead atoms. The van der Waals surface area contributed by atoms with Crippen LogP contribution in [0.15, 0.2) is 36.4 Å². The third-order valence-corrected chi connectivity index (χ3v) is 3.28. The van der Waals surface area contributed by atoms with Gasteiger partial charge in [0.05, 0.1) is 0 Å². The number of ketones is 1. The maximum atomic E-state index is 11.2. The second-order valence-corrected chi connectivity index (χ2v) is 4.84. The van der Waals surface area contributed by atoms with Gasteiger partial charge in [0.1, 0.15) is 5.75 Å². The summed E-state index contributed by atoms with van der Waals surface area (Å²) >= 11 is 0. The van der Waals surface area contributed by atoms with Crippen molar-refractivity contribution in [2.45, 2.75) is 32.1 Å². The zero-order chi connectivity index (χ0) is 13.2. The monoisotopic (exact) mass is 244 g/mol. The SMILES string of the molecule is CC(=O)Oc1cccc([C@]2(C)C=CC(=O)CC2)c1. The van der Waals surface area contributed by atoms with Crippen LogP contribution in [0.4, 0.5) is 0 Å². The highest BCUT2D eigenvalue weighted by molar-refractivity contribution is 5.91. The summed E-state index contributed by atoms with van der Waals surface area (Å²) in [7, 11) is 0. The second kappa shape index (κ2) is 4.77. The van der Waals surface area contributed by atoms with E-state index in [9.17, 15) is 9.59 Å². The molecule has 18 heavy (non-hydrogen) atoms. The predicted octanol–water partition coefficient (Wildman–Crippen LogP) is 2.79. The molecule has 1 aliphatic carbocycles. The summed E-state index contributed by atoms with van der Waals surface area (Å²) in [6, 6.07) is 7.48. The summed E-state index contributed by atoms with van der Waals surface area (Å²) in [5.41, 5.74) is 0.898. The number of carbonyl (C=O) groups excluding carboxylic acids is 2. The van der Waals surface area contributed by atoms with Crippen LogP contribution in [0.5, 0.6) is 5.75 Å². The Morgan fingerprint density at radius 3 is 2.78 bits per heavy atom. The fourth-order valence-corrected chi connectivity index (χ4v) is 2.15. The smallest absolute Gasteiger partial charge is 0.308 e. The van der Waals surface area contributed by atoms with Crippen LogP contribution >= 0.6 is 0 Å². The van der Waals surface area contributed by atoms with Gasteiger partial charge in [-0.3, -0.25) is 9.59 Å². The number of rotatable bonds is 2. The van der Waals surface area contributed by atoms with Gasteiger partial charge in [0.15, 0.2) is 5.78 Å². The van der Waals surface area contributed by atoms with Crippen molar-refractivity contribution in [2.75, 3.05) is 0 Å². The normalized spacial score (nSPS) is 22.9. The molecule has 3 heteroatoms. The van der Waals surface area contributed by atoms with Gasteiger partial charge in [-0.15, -0.1) is 0 Å². The van der Waals surface area contributed by atoms with Crippen molar-refractivity contribution in [3.63, 3.8) is 0 Å². The molecule has 0 unspecified atom stereocenters. The van der Waals surface area contributed by atoms with E-state index in [2.05, 4.69) is 6.92 Å². The number of hydrogen-bond acceptors (Lipinski definition) is 3. The van der Waals surface area contributed by atoms with Crippen molar-refractivity contribution in [2.24, 2.45) is 0 Å². The van der Waals surface area contributed by atoms with E-state index in [4.69, 9.17) is 4.74 Å². The minimum atomic E-state index is -0.327. The minimum absolute atomic E-state index is 0.163. The van der Waals surface area contributed by atoms with Gasteiger partial charge < -0.3 is 4.74 Å². The van der Waals surface area contributed by atoms with Crippen LogP contribution in [0, 0.1) is 0 Å². The molecule has 94 valence electrons. The van der Waals surface area contributed by atoms with E-state index in [-0.39, 0.29) is 17.2 Å². The van der Waals surface area contributed by atoms with Crippen LogP contribution in [0.1, 0.15) is 32.3 Å². The quantitative estimate of drug-likeness (QED) is 0.593.